The summed E-state index contributed by atoms with van der Waals surface area (Å²) in [4.78, 5) is 37.0. The Bertz CT molecular complexity index is 406. The highest BCUT2D eigenvalue weighted by Crippen LogP contribution is 2.11. The highest BCUT2D eigenvalue weighted by molar-refractivity contribution is 5.95. The summed E-state index contributed by atoms with van der Waals surface area (Å²) in [5.41, 5.74) is 0. The third-order valence-electron chi connectivity index (χ3n) is 2.89. The smallest absolute Gasteiger partial charge is 0.340 e. The number of hydrogen-bond donors (Lipinski definition) is 2. The number of piperazine rings is 1. The molecule has 10 heteroatoms. The first kappa shape index (κ1) is 17.2. The maximum atomic E-state index is 11.9. The van der Waals surface area contributed by atoms with Gasteiger partial charge in [0, 0.05) is 33.1 Å². The number of nitrogens with zero attached hydrogens (tertiary/aromatic N) is 2. The molecule has 2 N–H and O–H groups in total. The third kappa shape index (κ3) is 6.93. The molecule has 1 saturated heterocycles. The second kappa shape index (κ2) is 7.25. The molecule has 1 aliphatic rings. The molecule has 0 aromatic rings. The Hall–Kier alpha value is -1.84. The summed E-state index contributed by atoms with van der Waals surface area (Å²) in [5.74, 6) is -0.739. The summed E-state index contributed by atoms with van der Waals surface area (Å²) in [6.45, 7) is 1.74. The Labute approximate surface area is 119 Å². The molecule has 120 valence electrons. The van der Waals surface area contributed by atoms with Gasteiger partial charge in [-0.05, 0) is 0 Å². The van der Waals surface area contributed by atoms with Crippen molar-refractivity contribution in [2.24, 2.45) is 0 Å². The lowest BCUT2D eigenvalue weighted by molar-refractivity contribution is -0.131. The van der Waals surface area contributed by atoms with E-state index < -0.39 is 24.7 Å². The minimum Gasteiger partial charge on any atom is -0.340 e. The van der Waals surface area contributed by atoms with Crippen molar-refractivity contribution in [3.05, 3.63) is 0 Å². The number of urea groups is 1. The molecule has 21 heavy (non-hydrogen) atoms. The van der Waals surface area contributed by atoms with Gasteiger partial charge in [-0.2, -0.15) is 13.2 Å². The Morgan fingerprint density at radius 1 is 1.10 bits per heavy atom. The van der Waals surface area contributed by atoms with E-state index in [9.17, 15) is 27.6 Å². The van der Waals surface area contributed by atoms with Crippen LogP contribution < -0.4 is 10.6 Å². The minimum atomic E-state index is -4.52. The zero-order valence-electron chi connectivity index (χ0n) is 11.5. The van der Waals surface area contributed by atoms with Gasteiger partial charge in [0.2, 0.25) is 11.8 Å². The van der Waals surface area contributed by atoms with Crippen LogP contribution in [0.2, 0.25) is 0 Å². The molecule has 1 aliphatic heterocycles. The van der Waals surface area contributed by atoms with E-state index in [0.717, 1.165) is 0 Å². The van der Waals surface area contributed by atoms with Crippen LogP contribution in [0, 0.1) is 0 Å². The van der Waals surface area contributed by atoms with E-state index in [4.69, 9.17) is 0 Å². The SMILES string of the molecule is CC(=O)N1CCN(CC(=O)NC(=O)NCC(F)(F)F)CC1. The molecular formula is C11H17F3N4O3. The fraction of sp³-hybridized carbons (Fsp3) is 0.727. The van der Waals surface area contributed by atoms with Crippen LogP contribution >= 0.6 is 0 Å². The topological polar surface area (TPSA) is 81.8 Å². The fourth-order valence-corrected chi connectivity index (χ4v) is 1.81. The summed E-state index contributed by atoms with van der Waals surface area (Å²) < 4.78 is 35.6. The van der Waals surface area contributed by atoms with Crippen molar-refractivity contribution >= 4 is 17.8 Å². The zero-order valence-corrected chi connectivity index (χ0v) is 11.5. The largest absolute Gasteiger partial charge is 0.405 e. The average Bonchev–Trinajstić information content (AvgIpc) is 2.36. The van der Waals surface area contributed by atoms with Crippen LogP contribution in [0.5, 0.6) is 0 Å². The highest BCUT2D eigenvalue weighted by Gasteiger charge is 2.28. The first-order chi connectivity index (χ1) is 9.67. The lowest BCUT2D eigenvalue weighted by atomic mass is 10.3. The van der Waals surface area contributed by atoms with Crippen molar-refractivity contribution in [2.45, 2.75) is 13.1 Å². The lowest BCUT2D eigenvalue weighted by Gasteiger charge is -2.33. The van der Waals surface area contributed by atoms with Crippen LogP contribution in [0.4, 0.5) is 18.0 Å². The third-order valence-corrected chi connectivity index (χ3v) is 2.89. The minimum absolute atomic E-state index is 0.0503. The number of rotatable bonds is 3. The molecule has 0 radical (unpaired) electrons. The fourth-order valence-electron chi connectivity index (χ4n) is 1.81. The van der Waals surface area contributed by atoms with Crippen molar-refractivity contribution in [3.8, 4) is 0 Å². The van der Waals surface area contributed by atoms with E-state index in [1.807, 2.05) is 5.32 Å². The second-order valence-electron chi connectivity index (χ2n) is 4.63. The van der Waals surface area contributed by atoms with E-state index in [-0.39, 0.29) is 12.5 Å². The van der Waals surface area contributed by atoms with Crippen LogP contribution in [0.25, 0.3) is 0 Å². The predicted molar refractivity (Wildman–Crippen MR) is 66.3 cm³/mol. The molecule has 0 atom stereocenters. The Morgan fingerprint density at radius 3 is 2.14 bits per heavy atom. The van der Waals surface area contributed by atoms with Gasteiger partial charge in [-0.3, -0.25) is 19.8 Å². The molecule has 0 aromatic carbocycles. The maximum Gasteiger partial charge on any atom is 0.405 e. The number of hydrogen-bond acceptors (Lipinski definition) is 4. The summed E-state index contributed by atoms with van der Waals surface area (Å²) in [6.07, 6.45) is -4.52. The van der Waals surface area contributed by atoms with Gasteiger partial charge in [0.1, 0.15) is 6.54 Å². The lowest BCUT2D eigenvalue weighted by Crippen LogP contribution is -2.52. The van der Waals surface area contributed by atoms with Gasteiger partial charge in [0.25, 0.3) is 0 Å². The van der Waals surface area contributed by atoms with E-state index in [0.29, 0.717) is 26.2 Å². The molecule has 1 fully saturated rings. The highest BCUT2D eigenvalue weighted by atomic mass is 19.4. The molecule has 1 heterocycles. The number of carbonyl (C=O) groups excluding carboxylic acids is 3. The Morgan fingerprint density at radius 2 is 1.67 bits per heavy atom. The van der Waals surface area contributed by atoms with Gasteiger partial charge in [0.05, 0.1) is 6.54 Å². The van der Waals surface area contributed by atoms with Crippen molar-refractivity contribution in [3.63, 3.8) is 0 Å². The Kier molecular flexibility index (Phi) is 5.94. The zero-order chi connectivity index (χ0) is 16.0. The normalized spacial score (nSPS) is 16.5. The number of amides is 4. The van der Waals surface area contributed by atoms with Crippen molar-refractivity contribution < 1.29 is 27.6 Å². The van der Waals surface area contributed by atoms with Crippen LogP contribution in [0.3, 0.4) is 0 Å². The molecule has 0 unspecified atom stereocenters. The van der Waals surface area contributed by atoms with Crippen molar-refractivity contribution in [1.29, 1.82) is 0 Å². The quantitative estimate of drug-likeness (QED) is 0.739. The maximum absolute atomic E-state index is 11.9. The van der Waals surface area contributed by atoms with Gasteiger partial charge in [-0.1, -0.05) is 0 Å². The summed E-state index contributed by atoms with van der Waals surface area (Å²) in [6, 6.07) is -1.18. The molecule has 1 rings (SSSR count). The van der Waals surface area contributed by atoms with Crippen molar-refractivity contribution in [2.75, 3.05) is 39.3 Å². The number of nitrogens with one attached hydrogen (secondary N) is 2. The molecule has 4 amide bonds. The summed E-state index contributed by atoms with van der Waals surface area (Å²) >= 11 is 0. The number of carbonyl (C=O) groups is 3. The van der Waals surface area contributed by atoms with Crippen LogP contribution in [0.15, 0.2) is 0 Å². The molecule has 0 aliphatic carbocycles. The summed E-state index contributed by atoms with van der Waals surface area (Å²) in [7, 11) is 0. The standard InChI is InChI=1S/C11H17F3N4O3/c1-8(19)18-4-2-17(3-5-18)6-9(20)16-10(21)15-7-11(12,13)14/h2-7H2,1H3,(H2,15,16,20,21). The number of halogens is 3. The van der Waals surface area contributed by atoms with E-state index in [2.05, 4.69) is 0 Å². The molecule has 0 spiro atoms. The van der Waals surface area contributed by atoms with E-state index in [1.54, 1.807) is 15.1 Å². The van der Waals surface area contributed by atoms with Gasteiger partial charge in [-0.25, -0.2) is 4.79 Å². The first-order valence-corrected chi connectivity index (χ1v) is 6.29. The van der Waals surface area contributed by atoms with Crippen LogP contribution in [-0.4, -0.2) is 73.1 Å². The summed E-state index contributed by atoms with van der Waals surface area (Å²) in [5, 5.41) is 3.37. The van der Waals surface area contributed by atoms with Crippen LogP contribution in [-0.2, 0) is 9.59 Å². The monoisotopic (exact) mass is 310 g/mol. The van der Waals surface area contributed by atoms with Gasteiger partial charge in [-0.15, -0.1) is 0 Å². The molecule has 7 nitrogen and oxygen atoms in total. The number of imide groups is 1. The van der Waals surface area contributed by atoms with E-state index in [1.165, 1.54) is 6.92 Å². The van der Waals surface area contributed by atoms with Crippen LogP contribution in [0.1, 0.15) is 6.92 Å². The number of alkyl halides is 3. The predicted octanol–water partition coefficient (Wildman–Crippen LogP) is -0.461. The molecular weight excluding hydrogens is 293 g/mol. The molecule has 0 saturated carbocycles. The molecule has 0 bridgehead atoms. The second-order valence-corrected chi connectivity index (χ2v) is 4.63. The Balaban J connectivity index is 2.25. The van der Waals surface area contributed by atoms with E-state index >= 15 is 0 Å². The average molecular weight is 310 g/mol. The van der Waals surface area contributed by atoms with Gasteiger partial charge >= 0.3 is 12.2 Å². The molecule has 0 aromatic heterocycles. The van der Waals surface area contributed by atoms with Gasteiger partial charge < -0.3 is 10.2 Å². The van der Waals surface area contributed by atoms with Crippen molar-refractivity contribution in [1.82, 2.24) is 20.4 Å². The first-order valence-electron chi connectivity index (χ1n) is 6.29. The van der Waals surface area contributed by atoms with Gasteiger partial charge in [0.15, 0.2) is 0 Å².